The Labute approximate surface area is 89.4 Å². The largest absolute Gasteiger partial charge is 0.465 e. The van der Waals surface area contributed by atoms with E-state index < -0.39 is 5.54 Å². The predicted molar refractivity (Wildman–Crippen MR) is 56.3 cm³/mol. The van der Waals surface area contributed by atoms with Crippen LogP contribution in [0.4, 0.5) is 0 Å². The average Bonchev–Trinajstić information content (AvgIpc) is 2.70. The Bertz CT molecular complexity index is 310. The van der Waals surface area contributed by atoms with Crippen LogP contribution in [0.15, 0.2) is 18.5 Å². The smallest absolute Gasteiger partial charge is 0.327 e. The lowest BCUT2D eigenvalue weighted by molar-refractivity contribution is -0.151. The molecule has 0 aliphatic carbocycles. The lowest BCUT2D eigenvalue weighted by Crippen LogP contribution is -2.51. The molecular formula is C10H17N3O2. The highest BCUT2D eigenvalue weighted by atomic mass is 16.5. The van der Waals surface area contributed by atoms with Crippen LogP contribution in [0.3, 0.4) is 0 Å². The molecule has 0 radical (unpaired) electrons. The molecule has 0 aliphatic rings. The summed E-state index contributed by atoms with van der Waals surface area (Å²) in [5.74, 6) is -0.261. The number of hydrogen-bond acceptors (Lipinski definition) is 4. The highest BCUT2D eigenvalue weighted by Crippen LogP contribution is 2.09. The third kappa shape index (κ3) is 2.79. The fourth-order valence-corrected chi connectivity index (χ4v) is 1.25. The monoisotopic (exact) mass is 211 g/mol. The summed E-state index contributed by atoms with van der Waals surface area (Å²) < 4.78 is 6.71. The van der Waals surface area contributed by atoms with Gasteiger partial charge in [-0.3, -0.25) is 4.68 Å². The van der Waals surface area contributed by atoms with E-state index in [0.717, 1.165) is 0 Å². The van der Waals surface area contributed by atoms with Gasteiger partial charge in [-0.25, -0.2) is 4.79 Å². The second-order valence-electron chi connectivity index (χ2n) is 3.51. The lowest BCUT2D eigenvalue weighted by Gasteiger charge is -2.26. The van der Waals surface area contributed by atoms with Gasteiger partial charge in [-0.15, -0.1) is 0 Å². The summed E-state index contributed by atoms with van der Waals surface area (Å²) in [5.41, 5.74) is -0.734. The Kier molecular flexibility index (Phi) is 3.85. The van der Waals surface area contributed by atoms with Gasteiger partial charge in [0.2, 0.25) is 0 Å². The molecule has 0 aliphatic heterocycles. The summed E-state index contributed by atoms with van der Waals surface area (Å²) in [4.78, 5) is 11.7. The minimum absolute atomic E-state index is 0.261. The van der Waals surface area contributed by atoms with E-state index in [4.69, 9.17) is 4.74 Å². The van der Waals surface area contributed by atoms with E-state index in [2.05, 4.69) is 10.4 Å². The number of carbonyl (C=O) groups is 1. The number of ether oxygens (including phenoxy) is 1. The van der Waals surface area contributed by atoms with Crippen LogP contribution in [-0.2, 0) is 16.1 Å². The third-order valence-corrected chi connectivity index (χ3v) is 2.32. The summed E-state index contributed by atoms with van der Waals surface area (Å²) in [6.07, 6.45) is 3.50. The number of hydrogen-bond donors (Lipinski definition) is 1. The number of likely N-dealkylation sites (N-methyl/N-ethyl adjacent to an activating group) is 1. The molecule has 1 atom stereocenters. The van der Waals surface area contributed by atoms with Crippen molar-refractivity contribution in [1.29, 1.82) is 0 Å². The quantitative estimate of drug-likeness (QED) is 0.717. The van der Waals surface area contributed by atoms with Crippen molar-refractivity contribution in [2.24, 2.45) is 0 Å². The molecule has 5 heteroatoms. The minimum Gasteiger partial charge on any atom is -0.465 e. The molecule has 0 amide bonds. The standard InChI is InChI=1S/C10H17N3O2/c1-4-15-9(14)10(2,11-3)8-13-7-5-6-12-13/h5-7,11H,4,8H2,1-3H3. The number of esters is 1. The van der Waals surface area contributed by atoms with Crippen LogP contribution in [0.5, 0.6) is 0 Å². The molecule has 5 nitrogen and oxygen atoms in total. The van der Waals surface area contributed by atoms with Gasteiger partial charge in [-0.2, -0.15) is 5.10 Å². The average molecular weight is 211 g/mol. The second-order valence-corrected chi connectivity index (χ2v) is 3.51. The fraction of sp³-hybridized carbons (Fsp3) is 0.600. The molecule has 0 bridgehead atoms. The van der Waals surface area contributed by atoms with Crippen LogP contribution in [0.25, 0.3) is 0 Å². The molecule has 15 heavy (non-hydrogen) atoms. The van der Waals surface area contributed by atoms with E-state index in [-0.39, 0.29) is 5.97 Å². The van der Waals surface area contributed by atoms with E-state index in [1.807, 2.05) is 12.3 Å². The first-order valence-corrected chi connectivity index (χ1v) is 4.96. The molecular weight excluding hydrogens is 194 g/mol. The summed E-state index contributed by atoms with van der Waals surface area (Å²) in [7, 11) is 1.74. The molecule has 1 rings (SSSR count). The number of nitrogens with zero attached hydrogens (tertiary/aromatic N) is 2. The van der Waals surface area contributed by atoms with Crippen molar-refractivity contribution in [2.75, 3.05) is 13.7 Å². The maximum atomic E-state index is 11.7. The number of nitrogens with one attached hydrogen (secondary N) is 1. The maximum Gasteiger partial charge on any atom is 0.327 e. The van der Waals surface area contributed by atoms with E-state index in [9.17, 15) is 4.79 Å². The van der Waals surface area contributed by atoms with Gasteiger partial charge in [0.1, 0.15) is 5.54 Å². The number of aromatic nitrogens is 2. The zero-order chi connectivity index (χ0) is 11.3. The molecule has 0 saturated heterocycles. The number of rotatable bonds is 5. The summed E-state index contributed by atoms with van der Waals surface area (Å²) in [5, 5.41) is 7.03. The molecule has 0 spiro atoms. The SMILES string of the molecule is CCOC(=O)C(C)(Cn1cccn1)NC. The van der Waals surface area contributed by atoms with Crippen LogP contribution in [0.1, 0.15) is 13.8 Å². The van der Waals surface area contributed by atoms with Gasteiger partial charge in [0.05, 0.1) is 13.2 Å². The van der Waals surface area contributed by atoms with Crippen LogP contribution in [0, 0.1) is 0 Å². The molecule has 0 aromatic carbocycles. The highest BCUT2D eigenvalue weighted by Gasteiger charge is 2.33. The summed E-state index contributed by atoms with van der Waals surface area (Å²) >= 11 is 0. The summed E-state index contributed by atoms with van der Waals surface area (Å²) in [6.45, 7) is 4.43. The van der Waals surface area contributed by atoms with Crippen molar-refractivity contribution in [2.45, 2.75) is 25.9 Å². The zero-order valence-electron chi connectivity index (χ0n) is 9.36. The van der Waals surface area contributed by atoms with E-state index >= 15 is 0 Å². The lowest BCUT2D eigenvalue weighted by atomic mass is 10.0. The van der Waals surface area contributed by atoms with Crippen molar-refractivity contribution in [1.82, 2.24) is 15.1 Å². The maximum absolute atomic E-state index is 11.7. The zero-order valence-corrected chi connectivity index (χ0v) is 9.36. The molecule has 1 N–H and O–H groups in total. The van der Waals surface area contributed by atoms with E-state index in [1.54, 1.807) is 31.8 Å². The normalized spacial score (nSPS) is 14.6. The minimum atomic E-state index is -0.734. The molecule has 0 saturated carbocycles. The van der Waals surface area contributed by atoms with Crippen LogP contribution >= 0.6 is 0 Å². The first-order chi connectivity index (χ1) is 7.12. The van der Waals surface area contributed by atoms with Gasteiger partial charge in [0, 0.05) is 12.4 Å². The van der Waals surface area contributed by atoms with Crippen molar-refractivity contribution in [3.05, 3.63) is 18.5 Å². The van der Waals surface area contributed by atoms with E-state index in [0.29, 0.717) is 13.2 Å². The van der Waals surface area contributed by atoms with Crippen molar-refractivity contribution < 1.29 is 9.53 Å². The summed E-state index contributed by atoms with van der Waals surface area (Å²) in [6, 6.07) is 1.82. The second kappa shape index (κ2) is 4.93. The Morgan fingerprint density at radius 1 is 1.67 bits per heavy atom. The highest BCUT2D eigenvalue weighted by molar-refractivity contribution is 5.80. The van der Waals surface area contributed by atoms with Gasteiger partial charge in [0.25, 0.3) is 0 Å². The molecule has 1 aromatic rings. The van der Waals surface area contributed by atoms with Gasteiger partial charge in [-0.05, 0) is 27.0 Å². The molecule has 1 aromatic heterocycles. The fourth-order valence-electron chi connectivity index (χ4n) is 1.25. The van der Waals surface area contributed by atoms with E-state index in [1.165, 1.54) is 0 Å². The van der Waals surface area contributed by atoms with Crippen LogP contribution in [-0.4, -0.2) is 34.9 Å². The van der Waals surface area contributed by atoms with Crippen molar-refractivity contribution in [3.63, 3.8) is 0 Å². The Morgan fingerprint density at radius 3 is 2.87 bits per heavy atom. The Balaban J connectivity index is 2.72. The van der Waals surface area contributed by atoms with Crippen LogP contribution in [0.2, 0.25) is 0 Å². The van der Waals surface area contributed by atoms with Gasteiger partial charge in [0.15, 0.2) is 0 Å². The first kappa shape index (κ1) is 11.7. The van der Waals surface area contributed by atoms with Gasteiger partial charge >= 0.3 is 5.97 Å². The molecule has 1 heterocycles. The van der Waals surface area contributed by atoms with Crippen LogP contribution < -0.4 is 5.32 Å². The first-order valence-electron chi connectivity index (χ1n) is 4.96. The topological polar surface area (TPSA) is 56.2 Å². The van der Waals surface area contributed by atoms with Gasteiger partial charge < -0.3 is 10.1 Å². The van der Waals surface area contributed by atoms with Gasteiger partial charge in [-0.1, -0.05) is 0 Å². The van der Waals surface area contributed by atoms with Crippen molar-refractivity contribution in [3.8, 4) is 0 Å². The number of carbonyl (C=O) groups excluding carboxylic acids is 1. The van der Waals surface area contributed by atoms with Crippen molar-refractivity contribution >= 4 is 5.97 Å². The Morgan fingerprint density at radius 2 is 2.40 bits per heavy atom. The Hall–Kier alpha value is -1.36. The molecule has 1 unspecified atom stereocenters. The predicted octanol–water partition coefficient (Wildman–Crippen LogP) is 0.424. The molecule has 0 fully saturated rings. The molecule has 84 valence electrons. The third-order valence-electron chi connectivity index (χ3n) is 2.32.